The van der Waals surface area contributed by atoms with E-state index in [1.54, 1.807) is 42.8 Å². The van der Waals surface area contributed by atoms with Crippen LogP contribution in [0.2, 0.25) is 5.02 Å². The molecule has 5 aromatic rings. The Morgan fingerprint density at radius 2 is 2.05 bits per heavy atom. The van der Waals surface area contributed by atoms with E-state index in [2.05, 4.69) is 37.8 Å². The van der Waals surface area contributed by atoms with Crippen molar-refractivity contribution in [3.05, 3.63) is 80.1 Å². The first kappa shape index (κ1) is 29.3. The number of thiophene rings is 1. The molecule has 12 heteroatoms. The smallest absolute Gasteiger partial charge is 0.338 e. The van der Waals surface area contributed by atoms with Crippen molar-refractivity contribution in [2.75, 3.05) is 20.7 Å². The highest BCUT2D eigenvalue weighted by atomic mass is 35.5. The zero-order valence-electron chi connectivity index (χ0n) is 24.0. The van der Waals surface area contributed by atoms with Crippen molar-refractivity contribution in [2.45, 2.75) is 31.8 Å². The number of nitrogens with zero attached hydrogens (tertiary/aromatic N) is 6. The third-order valence-electron chi connectivity index (χ3n) is 7.78. The average Bonchev–Trinajstić information content (AvgIpc) is 3.67. The molecule has 0 radical (unpaired) electrons. The van der Waals surface area contributed by atoms with Gasteiger partial charge in [0.1, 0.15) is 35.5 Å². The quantitative estimate of drug-likeness (QED) is 0.245. The lowest BCUT2D eigenvalue weighted by Crippen LogP contribution is -2.28. The van der Waals surface area contributed by atoms with E-state index < -0.39 is 5.97 Å². The topological polar surface area (TPSA) is 134 Å². The number of carboxylic acid groups (broad SMARTS) is 1. The number of aromatic carboxylic acids is 1. The average molecular weight is 625 g/mol. The van der Waals surface area contributed by atoms with Crippen molar-refractivity contribution >= 4 is 50.0 Å². The first-order valence-electron chi connectivity index (χ1n) is 13.7. The van der Waals surface area contributed by atoms with E-state index in [0.29, 0.717) is 37.9 Å². The molecular weight excluding hydrogens is 600 g/mol. The highest BCUT2D eigenvalue weighted by molar-refractivity contribution is 7.18. The lowest BCUT2D eigenvalue weighted by molar-refractivity contribution is 0.0699. The van der Waals surface area contributed by atoms with E-state index in [1.165, 1.54) is 22.1 Å². The van der Waals surface area contributed by atoms with Gasteiger partial charge in [-0.05, 0) is 64.0 Å². The number of hydrogen-bond donors (Lipinski definition) is 1. The summed E-state index contributed by atoms with van der Waals surface area (Å²) >= 11 is 7.63. The maximum Gasteiger partial charge on any atom is 0.338 e. The minimum Gasteiger partial charge on any atom is -0.491 e. The van der Waals surface area contributed by atoms with Gasteiger partial charge < -0.3 is 9.84 Å². The van der Waals surface area contributed by atoms with Gasteiger partial charge in [-0.25, -0.2) is 14.8 Å². The zero-order valence-corrected chi connectivity index (χ0v) is 25.6. The molecule has 1 N–H and O–H groups in total. The van der Waals surface area contributed by atoms with Crippen LogP contribution in [0, 0.1) is 30.1 Å². The van der Waals surface area contributed by atoms with Gasteiger partial charge in [-0.15, -0.1) is 11.3 Å². The summed E-state index contributed by atoms with van der Waals surface area (Å²) in [5.41, 5.74) is 2.00. The maximum atomic E-state index is 13.7. The molecule has 0 unspecified atom stereocenters. The third-order valence-corrected chi connectivity index (χ3v) is 9.02. The van der Waals surface area contributed by atoms with E-state index in [-0.39, 0.29) is 46.5 Å². The minimum absolute atomic E-state index is 0.104. The lowest BCUT2D eigenvalue weighted by Gasteiger charge is -2.16. The number of benzene rings is 1. The summed E-state index contributed by atoms with van der Waals surface area (Å²) in [7, 11) is 3.94. The molecule has 0 bridgehead atoms. The van der Waals surface area contributed by atoms with Gasteiger partial charge in [0.15, 0.2) is 0 Å². The van der Waals surface area contributed by atoms with Gasteiger partial charge in [0.2, 0.25) is 0 Å². The standard InChI is InChI=1S/C32H25ClN6O4S/c1-18-37-25-16-36-24(6-8-32(9-10-32)38(2)3)22(15-34)27(25)30(40)39(18)12-13-43-26-5-4-19(33)14-21(26)20-7-11-35-28-23(31(41)42)17-44-29(20)28/h4-5,7,11,14,16-17H,9-10,12-13H2,1-3H3,(H,41,42). The fourth-order valence-electron chi connectivity index (χ4n) is 5.15. The molecule has 10 nitrogen and oxygen atoms in total. The monoisotopic (exact) mass is 624 g/mol. The Labute approximate surface area is 261 Å². The number of aryl methyl sites for hydroxylation is 1. The van der Waals surface area contributed by atoms with E-state index in [1.807, 2.05) is 14.1 Å². The van der Waals surface area contributed by atoms with Gasteiger partial charge in [0.25, 0.3) is 5.56 Å². The molecule has 4 heterocycles. The molecule has 0 aliphatic heterocycles. The Morgan fingerprint density at radius 3 is 2.75 bits per heavy atom. The first-order valence-corrected chi connectivity index (χ1v) is 14.9. The Hall–Kier alpha value is -4.81. The molecule has 0 atom stereocenters. The molecule has 0 saturated heterocycles. The van der Waals surface area contributed by atoms with Crippen molar-refractivity contribution in [3.8, 4) is 34.8 Å². The van der Waals surface area contributed by atoms with Gasteiger partial charge in [0.05, 0.1) is 45.0 Å². The van der Waals surface area contributed by atoms with Crippen LogP contribution in [0.3, 0.4) is 0 Å². The van der Waals surface area contributed by atoms with Gasteiger partial charge in [-0.3, -0.25) is 19.2 Å². The molecule has 1 aromatic carbocycles. The molecule has 0 spiro atoms. The zero-order chi connectivity index (χ0) is 31.2. The highest BCUT2D eigenvalue weighted by Gasteiger charge is 2.43. The number of fused-ring (bicyclic) bond motifs is 2. The molecule has 1 saturated carbocycles. The van der Waals surface area contributed by atoms with Crippen molar-refractivity contribution in [3.63, 3.8) is 0 Å². The number of ether oxygens (including phenoxy) is 1. The molecule has 1 aliphatic carbocycles. The van der Waals surface area contributed by atoms with Gasteiger partial charge in [-0.2, -0.15) is 5.26 Å². The molecule has 1 fully saturated rings. The van der Waals surface area contributed by atoms with Crippen LogP contribution in [-0.4, -0.2) is 61.7 Å². The summed E-state index contributed by atoms with van der Waals surface area (Å²) in [5, 5.41) is 21.8. The van der Waals surface area contributed by atoms with Crippen LogP contribution in [0.25, 0.3) is 32.2 Å². The summed E-state index contributed by atoms with van der Waals surface area (Å²) in [6.07, 6.45) is 4.92. The Bertz CT molecular complexity index is 2150. The number of carbonyl (C=O) groups is 1. The van der Waals surface area contributed by atoms with Crippen LogP contribution >= 0.6 is 22.9 Å². The van der Waals surface area contributed by atoms with Crippen LogP contribution in [0.5, 0.6) is 5.75 Å². The number of rotatable bonds is 7. The van der Waals surface area contributed by atoms with Gasteiger partial charge in [0, 0.05) is 27.7 Å². The fourth-order valence-corrected chi connectivity index (χ4v) is 6.35. The largest absolute Gasteiger partial charge is 0.491 e. The molecule has 44 heavy (non-hydrogen) atoms. The lowest BCUT2D eigenvalue weighted by atomic mass is 10.0. The van der Waals surface area contributed by atoms with Crippen LogP contribution in [-0.2, 0) is 6.54 Å². The van der Waals surface area contributed by atoms with Crippen molar-refractivity contribution in [1.82, 2.24) is 24.4 Å². The predicted octanol–water partition coefficient (Wildman–Crippen LogP) is 5.12. The summed E-state index contributed by atoms with van der Waals surface area (Å²) < 4.78 is 8.34. The minimum atomic E-state index is -1.05. The molecule has 1 aliphatic rings. The maximum absolute atomic E-state index is 13.7. The van der Waals surface area contributed by atoms with E-state index in [0.717, 1.165) is 18.4 Å². The molecule has 220 valence electrons. The Morgan fingerprint density at radius 1 is 1.25 bits per heavy atom. The van der Waals surface area contributed by atoms with Crippen molar-refractivity contribution < 1.29 is 14.6 Å². The molecule has 0 amide bonds. The number of nitriles is 1. The summed E-state index contributed by atoms with van der Waals surface area (Å²) in [6.45, 7) is 1.97. The normalized spacial score (nSPS) is 13.5. The number of aromatic nitrogens is 4. The SMILES string of the molecule is Cc1nc2cnc(C#CC3(N(C)C)CC3)c(C#N)c2c(=O)n1CCOc1ccc(Cl)cc1-c1ccnc2c(C(=O)O)csc12. The summed E-state index contributed by atoms with van der Waals surface area (Å²) in [6, 6.07) is 9.09. The molecular formula is C32H25ClN6O4S. The van der Waals surface area contributed by atoms with Crippen molar-refractivity contribution in [1.29, 1.82) is 5.26 Å². The van der Waals surface area contributed by atoms with Crippen LogP contribution in [0.15, 0.2) is 46.8 Å². The summed E-state index contributed by atoms with van der Waals surface area (Å²) in [5.74, 6) is 6.17. The fraction of sp³-hybridized carbons (Fsp3) is 0.250. The summed E-state index contributed by atoms with van der Waals surface area (Å²) in [4.78, 5) is 40.7. The van der Waals surface area contributed by atoms with Gasteiger partial charge >= 0.3 is 5.97 Å². The Kier molecular flexibility index (Phi) is 7.56. The van der Waals surface area contributed by atoms with E-state index >= 15 is 0 Å². The second kappa shape index (κ2) is 11.4. The predicted molar refractivity (Wildman–Crippen MR) is 168 cm³/mol. The number of hydrogen-bond acceptors (Lipinski definition) is 9. The second-order valence-electron chi connectivity index (χ2n) is 10.6. The van der Waals surface area contributed by atoms with Gasteiger partial charge in [-0.1, -0.05) is 17.5 Å². The molecule has 6 rings (SSSR count). The van der Waals surface area contributed by atoms with Crippen LogP contribution in [0.1, 0.15) is 40.3 Å². The number of pyridine rings is 2. The first-order chi connectivity index (χ1) is 21.1. The third kappa shape index (κ3) is 5.16. The van der Waals surface area contributed by atoms with E-state index in [9.17, 15) is 20.0 Å². The van der Waals surface area contributed by atoms with E-state index in [4.69, 9.17) is 16.3 Å². The van der Waals surface area contributed by atoms with Crippen molar-refractivity contribution in [2.24, 2.45) is 0 Å². The van der Waals surface area contributed by atoms with Crippen LogP contribution < -0.4 is 10.3 Å². The number of halogens is 1. The highest BCUT2D eigenvalue weighted by Crippen LogP contribution is 2.40. The Balaban J connectivity index is 1.32. The number of carboxylic acids is 1. The molecule has 4 aromatic heterocycles. The van der Waals surface area contributed by atoms with Crippen LogP contribution in [0.4, 0.5) is 0 Å². The second-order valence-corrected chi connectivity index (χ2v) is 11.9.